The summed E-state index contributed by atoms with van der Waals surface area (Å²) in [5, 5.41) is 9.27. The van der Waals surface area contributed by atoms with Crippen LogP contribution in [0, 0.1) is 5.41 Å². The summed E-state index contributed by atoms with van der Waals surface area (Å²) in [5.41, 5.74) is 2.70. The highest BCUT2D eigenvalue weighted by atomic mass is 32.2. The lowest BCUT2D eigenvalue weighted by Crippen LogP contribution is -2.11. The standard InChI is InChI=1S/C16H14N2S/c1-18-14-9-5-6-10-15(14)19-16(18)11-13(17)12-7-3-2-4-8-12/h2-11,17H,1H3. The number of anilines is 1. The van der Waals surface area contributed by atoms with Gasteiger partial charge in [-0.1, -0.05) is 54.2 Å². The first-order chi connectivity index (χ1) is 9.25. The highest BCUT2D eigenvalue weighted by Crippen LogP contribution is 2.44. The van der Waals surface area contributed by atoms with Crippen LogP contribution in [0.5, 0.6) is 0 Å². The van der Waals surface area contributed by atoms with Gasteiger partial charge in [-0.3, -0.25) is 0 Å². The number of allylic oxidation sites excluding steroid dienone is 1. The largest absolute Gasteiger partial charge is 0.338 e. The summed E-state index contributed by atoms with van der Waals surface area (Å²) in [6.07, 6.45) is 1.93. The fourth-order valence-electron chi connectivity index (χ4n) is 2.07. The van der Waals surface area contributed by atoms with Crippen molar-refractivity contribution >= 4 is 23.2 Å². The number of rotatable bonds is 2. The summed E-state index contributed by atoms with van der Waals surface area (Å²) >= 11 is 1.71. The second-order valence-electron chi connectivity index (χ2n) is 4.39. The van der Waals surface area contributed by atoms with E-state index in [9.17, 15) is 0 Å². The minimum absolute atomic E-state index is 0.544. The zero-order valence-corrected chi connectivity index (χ0v) is 11.4. The van der Waals surface area contributed by atoms with Crippen molar-refractivity contribution in [1.29, 1.82) is 5.41 Å². The minimum Gasteiger partial charge on any atom is -0.338 e. The Hall–Kier alpha value is -2.00. The maximum atomic E-state index is 8.18. The van der Waals surface area contributed by atoms with Gasteiger partial charge in [-0.2, -0.15) is 0 Å². The molecule has 0 aliphatic carbocycles. The Kier molecular flexibility index (Phi) is 3.13. The van der Waals surface area contributed by atoms with Crippen LogP contribution in [0.4, 0.5) is 5.69 Å². The van der Waals surface area contributed by atoms with Gasteiger partial charge in [0, 0.05) is 11.9 Å². The van der Waals surface area contributed by atoms with Crippen LogP contribution in [0.3, 0.4) is 0 Å². The second kappa shape index (κ2) is 4.94. The number of hydrogen-bond acceptors (Lipinski definition) is 3. The van der Waals surface area contributed by atoms with Crippen molar-refractivity contribution in [3.8, 4) is 0 Å². The van der Waals surface area contributed by atoms with E-state index in [4.69, 9.17) is 5.41 Å². The molecule has 0 aromatic heterocycles. The number of nitrogens with zero attached hydrogens (tertiary/aromatic N) is 1. The van der Waals surface area contributed by atoms with E-state index in [-0.39, 0.29) is 0 Å². The quantitative estimate of drug-likeness (QED) is 0.827. The van der Waals surface area contributed by atoms with Crippen molar-refractivity contribution in [3.63, 3.8) is 0 Å². The molecule has 2 aromatic rings. The van der Waals surface area contributed by atoms with Crippen molar-refractivity contribution in [2.24, 2.45) is 0 Å². The molecule has 0 spiro atoms. The van der Waals surface area contributed by atoms with Crippen molar-refractivity contribution in [1.82, 2.24) is 0 Å². The zero-order valence-electron chi connectivity index (χ0n) is 10.6. The molecule has 0 bridgehead atoms. The lowest BCUT2D eigenvalue weighted by Gasteiger charge is -2.13. The summed E-state index contributed by atoms with van der Waals surface area (Å²) in [4.78, 5) is 3.38. The molecule has 1 heterocycles. The third kappa shape index (κ3) is 2.29. The van der Waals surface area contributed by atoms with Gasteiger partial charge in [-0.05, 0) is 23.8 Å². The smallest absolute Gasteiger partial charge is 0.0820 e. The highest BCUT2D eigenvalue weighted by Gasteiger charge is 2.21. The normalized spacial score (nSPS) is 15.6. The van der Waals surface area contributed by atoms with Gasteiger partial charge in [0.2, 0.25) is 0 Å². The van der Waals surface area contributed by atoms with E-state index in [2.05, 4.69) is 17.0 Å². The Morgan fingerprint density at radius 3 is 2.47 bits per heavy atom. The number of nitrogens with one attached hydrogen (secondary N) is 1. The van der Waals surface area contributed by atoms with Crippen LogP contribution in [-0.2, 0) is 0 Å². The van der Waals surface area contributed by atoms with Crippen LogP contribution in [0.15, 0.2) is 70.6 Å². The average molecular weight is 266 g/mol. The molecule has 1 N–H and O–H groups in total. The second-order valence-corrected chi connectivity index (χ2v) is 5.45. The van der Waals surface area contributed by atoms with E-state index >= 15 is 0 Å². The number of benzene rings is 2. The van der Waals surface area contributed by atoms with Gasteiger partial charge in [0.25, 0.3) is 0 Å². The first-order valence-corrected chi connectivity index (χ1v) is 6.93. The molecule has 1 aliphatic heterocycles. The first kappa shape index (κ1) is 12.1. The summed E-state index contributed by atoms with van der Waals surface area (Å²) in [6.45, 7) is 0. The average Bonchev–Trinajstić information content (AvgIpc) is 2.77. The molecule has 0 radical (unpaired) electrons. The van der Waals surface area contributed by atoms with Crippen molar-refractivity contribution in [3.05, 3.63) is 71.3 Å². The van der Waals surface area contributed by atoms with Crippen molar-refractivity contribution in [2.75, 3.05) is 11.9 Å². The monoisotopic (exact) mass is 266 g/mol. The number of hydrogen-bond donors (Lipinski definition) is 1. The van der Waals surface area contributed by atoms with E-state index in [1.165, 1.54) is 10.6 Å². The van der Waals surface area contributed by atoms with E-state index in [0.717, 1.165) is 10.6 Å². The minimum atomic E-state index is 0.544. The van der Waals surface area contributed by atoms with Crippen LogP contribution in [0.2, 0.25) is 0 Å². The summed E-state index contributed by atoms with van der Waals surface area (Å²) < 4.78 is 0. The summed E-state index contributed by atoms with van der Waals surface area (Å²) in [6, 6.07) is 18.1. The molecular formula is C16H14N2S. The summed E-state index contributed by atoms with van der Waals surface area (Å²) in [5.74, 6) is 0. The maximum absolute atomic E-state index is 8.18. The Bertz CT molecular complexity index is 647. The fourth-order valence-corrected chi connectivity index (χ4v) is 3.16. The predicted octanol–water partition coefficient (Wildman–Crippen LogP) is 4.14. The fraction of sp³-hybridized carbons (Fsp3) is 0.0625. The molecule has 19 heavy (non-hydrogen) atoms. The molecule has 0 amide bonds. The van der Waals surface area contributed by atoms with Gasteiger partial charge in [-0.25, -0.2) is 0 Å². The number of fused-ring (bicyclic) bond motifs is 1. The van der Waals surface area contributed by atoms with Crippen molar-refractivity contribution < 1.29 is 0 Å². The Morgan fingerprint density at radius 2 is 1.74 bits per heavy atom. The van der Waals surface area contributed by atoms with E-state index in [1.54, 1.807) is 11.8 Å². The molecule has 0 unspecified atom stereocenters. The van der Waals surface area contributed by atoms with Crippen LogP contribution in [-0.4, -0.2) is 12.8 Å². The van der Waals surface area contributed by atoms with Gasteiger partial charge in [0.05, 0.1) is 16.4 Å². The SMILES string of the molecule is CN1C(=CC(=N)c2ccccc2)Sc2ccccc21. The number of para-hydroxylation sites is 1. The molecule has 0 saturated carbocycles. The maximum Gasteiger partial charge on any atom is 0.0820 e. The van der Waals surface area contributed by atoms with Crippen LogP contribution >= 0.6 is 11.8 Å². The van der Waals surface area contributed by atoms with Crippen molar-refractivity contribution in [2.45, 2.75) is 4.90 Å². The highest BCUT2D eigenvalue weighted by molar-refractivity contribution is 8.03. The predicted molar refractivity (Wildman–Crippen MR) is 82.1 cm³/mol. The van der Waals surface area contributed by atoms with Crippen LogP contribution < -0.4 is 4.90 Å². The molecular weight excluding hydrogens is 252 g/mol. The van der Waals surface area contributed by atoms with Gasteiger partial charge >= 0.3 is 0 Å². The lowest BCUT2D eigenvalue weighted by atomic mass is 10.1. The van der Waals surface area contributed by atoms with E-state index in [1.807, 2.05) is 55.6 Å². The van der Waals surface area contributed by atoms with Crippen LogP contribution in [0.1, 0.15) is 5.56 Å². The molecule has 1 aliphatic rings. The van der Waals surface area contributed by atoms with E-state index in [0.29, 0.717) is 5.71 Å². The van der Waals surface area contributed by atoms with Gasteiger partial charge in [0.1, 0.15) is 0 Å². The van der Waals surface area contributed by atoms with Gasteiger partial charge in [-0.15, -0.1) is 0 Å². The molecule has 2 nitrogen and oxygen atoms in total. The number of thioether (sulfide) groups is 1. The molecule has 0 fully saturated rings. The first-order valence-electron chi connectivity index (χ1n) is 6.12. The van der Waals surface area contributed by atoms with E-state index < -0.39 is 0 Å². The Balaban J connectivity index is 1.89. The molecule has 0 saturated heterocycles. The zero-order chi connectivity index (χ0) is 13.2. The van der Waals surface area contributed by atoms with Crippen LogP contribution in [0.25, 0.3) is 0 Å². The third-order valence-electron chi connectivity index (χ3n) is 3.12. The van der Waals surface area contributed by atoms with Gasteiger partial charge < -0.3 is 10.3 Å². The molecule has 0 atom stereocenters. The Morgan fingerprint density at radius 1 is 1.05 bits per heavy atom. The molecule has 94 valence electrons. The van der Waals surface area contributed by atoms with Gasteiger partial charge in [0.15, 0.2) is 0 Å². The summed E-state index contributed by atoms with van der Waals surface area (Å²) in [7, 11) is 2.04. The Labute approximate surface area is 117 Å². The molecule has 3 heteroatoms. The lowest BCUT2D eigenvalue weighted by molar-refractivity contribution is 1.18. The topological polar surface area (TPSA) is 27.1 Å². The molecule has 2 aromatic carbocycles. The third-order valence-corrected chi connectivity index (χ3v) is 4.29. The molecule has 3 rings (SSSR count).